The van der Waals surface area contributed by atoms with Gasteiger partial charge in [-0.1, -0.05) is 0 Å². The molecule has 2 fully saturated rings. The molecule has 0 aliphatic carbocycles. The van der Waals surface area contributed by atoms with E-state index < -0.39 is 0 Å². The smallest absolute Gasteiger partial charge is 0.270 e. The minimum absolute atomic E-state index is 0.0187. The highest BCUT2D eigenvalue weighted by atomic mass is 16.2. The molecule has 0 radical (unpaired) electrons. The molecular formula is C16H24N4O2. The van der Waals surface area contributed by atoms with Crippen LogP contribution in [0.4, 0.5) is 0 Å². The molecule has 120 valence electrons. The first-order valence-corrected chi connectivity index (χ1v) is 8.09. The summed E-state index contributed by atoms with van der Waals surface area (Å²) in [5, 5.41) is 2.99. The Labute approximate surface area is 131 Å². The Morgan fingerprint density at radius 3 is 2.68 bits per heavy atom. The van der Waals surface area contributed by atoms with Gasteiger partial charge in [0.05, 0.1) is 6.04 Å². The molecule has 1 atom stereocenters. The number of amides is 2. The third kappa shape index (κ3) is 3.02. The van der Waals surface area contributed by atoms with Crippen LogP contribution in [-0.4, -0.2) is 64.9 Å². The maximum absolute atomic E-state index is 12.5. The first-order chi connectivity index (χ1) is 10.7. The van der Waals surface area contributed by atoms with Gasteiger partial charge >= 0.3 is 0 Å². The van der Waals surface area contributed by atoms with E-state index in [2.05, 4.69) is 10.2 Å². The van der Waals surface area contributed by atoms with Gasteiger partial charge in [-0.15, -0.1) is 0 Å². The summed E-state index contributed by atoms with van der Waals surface area (Å²) in [7, 11) is 1.89. The van der Waals surface area contributed by atoms with Gasteiger partial charge in [-0.3, -0.25) is 14.5 Å². The van der Waals surface area contributed by atoms with Gasteiger partial charge in [-0.25, -0.2) is 0 Å². The molecular weight excluding hydrogens is 280 g/mol. The summed E-state index contributed by atoms with van der Waals surface area (Å²) < 4.78 is 1.85. The van der Waals surface area contributed by atoms with Crippen molar-refractivity contribution < 1.29 is 9.59 Å². The van der Waals surface area contributed by atoms with E-state index in [0.717, 1.165) is 44.6 Å². The van der Waals surface area contributed by atoms with Gasteiger partial charge in [-0.05, 0) is 31.4 Å². The van der Waals surface area contributed by atoms with Gasteiger partial charge in [0.1, 0.15) is 5.69 Å². The first-order valence-electron chi connectivity index (χ1n) is 8.09. The number of hydrogen-bond donors (Lipinski definition) is 1. The molecule has 2 saturated heterocycles. The van der Waals surface area contributed by atoms with Crippen LogP contribution < -0.4 is 5.32 Å². The lowest BCUT2D eigenvalue weighted by atomic mass is 10.1. The van der Waals surface area contributed by atoms with E-state index in [-0.39, 0.29) is 17.9 Å². The highest BCUT2D eigenvalue weighted by Crippen LogP contribution is 2.16. The summed E-state index contributed by atoms with van der Waals surface area (Å²) in [5.41, 5.74) is 0.723. The van der Waals surface area contributed by atoms with E-state index in [1.807, 2.05) is 34.8 Å². The summed E-state index contributed by atoms with van der Waals surface area (Å²) in [5.74, 6) is 0.233. The molecule has 6 heteroatoms. The van der Waals surface area contributed by atoms with Crippen LogP contribution in [0.1, 0.15) is 29.8 Å². The minimum Gasteiger partial charge on any atom is -0.355 e. The molecule has 1 N–H and O–H groups in total. The predicted octanol–water partition coefficient (Wildman–Crippen LogP) is 0.452. The number of rotatable bonds is 2. The number of piperazine rings is 1. The maximum Gasteiger partial charge on any atom is 0.270 e. The Bertz CT molecular complexity index is 546. The topological polar surface area (TPSA) is 57.6 Å². The summed E-state index contributed by atoms with van der Waals surface area (Å²) in [6.07, 6.45) is 4.97. The molecule has 3 rings (SSSR count). The molecule has 6 nitrogen and oxygen atoms in total. The second-order valence-electron chi connectivity index (χ2n) is 6.14. The number of nitrogens with one attached hydrogen (secondary N) is 1. The van der Waals surface area contributed by atoms with Gasteiger partial charge < -0.3 is 14.8 Å². The molecule has 1 aromatic heterocycles. The van der Waals surface area contributed by atoms with Crippen LogP contribution in [0.15, 0.2) is 18.3 Å². The lowest BCUT2D eigenvalue weighted by Gasteiger charge is -2.38. The standard InChI is InChI=1S/C16H24N4O2/c1-18-8-4-6-14(18)16(22)20-11-9-19(10-12-20)13-5-2-3-7-17-15(13)21/h4,6,8,13H,2-3,5,7,9-12H2,1H3,(H,17,21). The minimum atomic E-state index is -0.0187. The van der Waals surface area contributed by atoms with Gasteiger partial charge in [0.2, 0.25) is 5.91 Å². The summed E-state index contributed by atoms with van der Waals surface area (Å²) in [6.45, 7) is 3.71. The molecule has 0 saturated carbocycles. The fraction of sp³-hybridized carbons (Fsp3) is 0.625. The second kappa shape index (κ2) is 6.52. The largest absolute Gasteiger partial charge is 0.355 e. The summed E-state index contributed by atoms with van der Waals surface area (Å²) >= 11 is 0. The third-order valence-corrected chi connectivity index (χ3v) is 4.71. The molecule has 22 heavy (non-hydrogen) atoms. The lowest BCUT2D eigenvalue weighted by Crippen LogP contribution is -2.55. The van der Waals surface area contributed by atoms with Crippen LogP contribution in [0.3, 0.4) is 0 Å². The zero-order valence-corrected chi connectivity index (χ0v) is 13.1. The maximum atomic E-state index is 12.5. The van der Waals surface area contributed by atoms with Crippen molar-refractivity contribution >= 4 is 11.8 Å². The quantitative estimate of drug-likeness (QED) is 0.863. The third-order valence-electron chi connectivity index (χ3n) is 4.71. The van der Waals surface area contributed by atoms with E-state index in [9.17, 15) is 9.59 Å². The highest BCUT2D eigenvalue weighted by Gasteiger charge is 2.31. The van der Waals surface area contributed by atoms with E-state index in [1.54, 1.807) is 0 Å². The number of carbonyl (C=O) groups excluding carboxylic acids is 2. The average molecular weight is 304 g/mol. The molecule has 1 aromatic rings. The van der Waals surface area contributed by atoms with Gasteiger partial charge in [0, 0.05) is 46.0 Å². The first kappa shape index (κ1) is 15.1. The Morgan fingerprint density at radius 1 is 1.23 bits per heavy atom. The normalized spacial score (nSPS) is 24.0. The predicted molar refractivity (Wildman–Crippen MR) is 83.5 cm³/mol. The van der Waals surface area contributed by atoms with E-state index in [4.69, 9.17) is 0 Å². The van der Waals surface area contributed by atoms with Crippen molar-refractivity contribution in [1.29, 1.82) is 0 Å². The van der Waals surface area contributed by atoms with Crippen molar-refractivity contribution in [1.82, 2.24) is 19.7 Å². The Kier molecular flexibility index (Phi) is 4.47. The van der Waals surface area contributed by atoms with E-state index >= 15 is 0 Å². The SMILES string of the molecule is Cn1cccc1C(=O)N1CCN(C2CCCCNC2=O)CC1. The molecule has 2 aliphatic heterocycles. The Hall–Kier alpha value is -1.82. The molecule has 3 heterocycles. The zero-order chi connectivity index (χ0) is 15.5. The summed E-state index contributed by atoms with van der Waals surface area (Å²) in [4.78, 5) is 28.7. The van der Waals surface area contributed by atoms with E-state index in [1.165, 1.54) is 0 Å². The molecule has 2 amide bonds. The molecule has 0 bridgehead atoms. The number of carbonyl (C=O) groups is 2. The number of aromatic nitrogens is 1. The monoisotopic (exact) mass is 304 g/mol. The van der Waals surface area contributed by atoms with Crippen LogP contribution in [0.25, 0.3) is 0 Å². The second-order valence-corrected chi connectivity index (χ2v) is 6.14. The van der Waals surface area contributed by atoms with Crippen molar-refractivity contribution in [2.75, 3.05) is 32.7 Å². The van der Waals surface area contributed by atoms with Crippen molar-refractivity contribution in [3.05, 3.63) is 24.0 Å². The summed E-state index contributed by atoms with van der Waals surface area (Å²) in [6, 6.07) is 3.72. The van der Waals surface area contributed by atoms with Crippen LogP contribution in [0.2, 0.25) is 0 Å². The number of nitrogens with zero attached hydrogens (tertiary/aromatic N) is 3. The Balaban J connectivity index is 1.59. The van der Waals surface area contributed by atoms with Crippen LogP contribution in [0, 0.1) is 0 Å². The number of aryl methyl sites for hydroxylation is 1. The van der Waals surface area contributed by atoms with Crippen molar-refractivity contribution in [2.45, 2.75) is 25.3 Å². The molecule has 1 unspecified atom stereocenters. The van der Waals surface area contributed by atoms with Crippen LogP contribution in [-0.2, 0) is 11.8 Å². The van der Waals surface area contributed by atoms with E-state index in [0.29, 0.717) is 13.1 Å². The van der Waals surface area contributed by atoms with Gasteiger partial charge in [-0.2, -0.15) is 0 Å². The Morgan fingerprint density at radius 2 is 2.00 bits per heavy atom. The fourth-order valence-corrected chi connectivity index (χ4v) is 3.35. The molecule has 0 aromatic carbocycles. The lowest BCUT2D eigenvalue weighted by molar-refractivity contribution is -0.126. The highest BCUT2D eigenvalue weighted by molar-refractivity contribution is 5.92. The number of hydrogen-bond acceptors (Lipinski definition) is 3. The van der Waals surface area contributed by atoms with Crippen molar-refractivity contribution in [3.8, 4) is 0 Å². The van der Waals surface area contributed by atoms with Crippen LogP contribution in [0.5, 0.6) is 0 Å². The fourth-order valence-electron chi connectivity index (χ4n) is 3.35. The van der Waals surface area contributed by atoms with Crippen molar-refractivity contribution in [2.24, 2.45) is 7.05 Å². The average Bonchev–Trinajstić information content (AvgIpc) is 2.84. The van der Waals surface area contributed by atoms with Gasteiger partial charge in [0.25, 0.3) is 5.91 Å². The van der Waals surface area contributed by atoms with Crippen molar-refractivity contribution in [3.63, 3.8) is 0 Å². The van der Waals surface area contributed by atoms with Crippen LogP contribution >= 0.6 is 0 Å². The zero-order valence-electron chi connectivity index (χ0n) is 13.1. The molecule has 2 aliphatic rings. The van der Waals surface area contributed by atoms with Gasteiger partial charge in [0.15, 0.2) is 0 Å². The molecule has 0 spiro atoms.